The Morgan fingerprint density at radius 1 is 1.09 bits per heavy atom. The number of rotatable bonds is 7. The van der Waals surface area contributed by atoms with Gasteiger partial charge in [0.05, 0.1) is 10.7 Å². The molecule has 0 radical (unpaired) electrons. The van der Waals surface area contributed by atoms with E-state index in [1.54, 1.807) is 24.3 Å². The zero-order valence-electron chi connectivity index (χ0n) is 12.6. The molecule has 2 rings (SSSR count). The molecule has 23 heavy (non-hydrogen) atoms. The van der Waals surface area contributed by atoms with Crippen molar-refractivity contribution < 1.29 is 9.00 Å². The van der Waals surface area contributed by atoms with Gasteiger partial charge < -0.3 is 5.32 Å². The zero-order chi connectivity index (χ0) is 16.5. The molecule has 1 N–H and O–H groups in total. The lowest BCUT2D eigenvalue weighted by molar-refractivity contribution is -0.115. The summed E-state index contributed by atoms with van der Waals surface area (Å²) in [6.07, 6.45) is 4.01. The predicted octanol–water partition coefficient (Wildman–Crippen LogP) is 4.13. The van der Waals surface area contributed by atoms with E-state index in [9.17, 15) is 9.00 Å². The van der Waals surface area contributed by atoms with Gasteiger partial charge in [0.15, 0.2) is 0 Å². The van der Waals surface area contributed by atoms with Crippen LogP contribution in [0.5, 0.6) is 0 Å². The van der Waals surface area contributed by atoms with Crippen molar-refractivity contribution >= 4 is 40.1 Å². The molecular weight excluding hydrogens is 330 g/mol. The minimum absolute atomic E-state index is 0.182. The monoisotopic (exact) mass is 347 g/mol. The summed E-state index contributed by atoms with van der Waals surface area (Å²) in [6.45, 7) is 0. The molecule has 3 nitrogen and oxygen atoms in total. The smallest absolute Gasteiger partial charge is 0.225 e. The van der Waals surface area contributed by atoms with Crippen LogP contribution in [0.3, 0.4) is 0 Å². The van der Waals surface area contributed by atoms with E-state index in [0.29, 0.717) is 22.2 Å². The first-order valence-corrected chi connectivity index (χ1v) is 9.12. The van der Waals surface area contributed by atoms with Crippen LogP contribution in [0.25, 0.3) is 6.08 Å². The van der Waals surface area contributed by atoms with E-state index in [1.165, 1.54) is 0 Å². The Hall–Kier alpha value is -1.91. The van der Waals surface area contributed by atoms with Crippen molar-refractivity contribution in [1.82, 2.24) is 0 Å². The summed E-state index contributed by atoms with van der Waals surface area (Å²) < 4.78 is 11.9. The molecule has 5 heteroatoms. The first kappa shape index (κ1) is 17.4. The Kier molecular flexibility index (Phi) is 7.04. The number of carbonyl (C=O) groups excluding carboxylic acids is 1. The second-order valence-electron chi connectivity index (χ2n) is 4.90. The summed E-state index contributed by atoms with van der Waals surface area (Å²) >= 11 is 5.97. The van der Waals surface area contributed by atoms with Crippen LogP contribution in [0.15, 0.2) is 60.7 Å². The molecule has 0 aliphatic rings. The van der Waals surface area contributed by atoms with Crippen molar-refractivity contribution in [2.24, 2.45) is 0 Å². The molecule has 0 aliphatic carbocycles. The molecule has 0 spiro atoms. The number of carbonyl (C=O) groups is 1. The molecule has 0 unspecified atom stereocenters. The molecule has 0 aliphatic heterocycles. The van der Waals surface area contributed by atoms with Crippen molar-refractivity contribution in [3.8, 4) is 0 Å². The third kappa shape index (κ3) is 6.38. The second kappa shape index (κ2) is 9.28. The normalized spacial score (nSPS) is 12.2. The van der Waals surface area contributed by atoms with Crippen molar-refractivity contribution in [1.29, 1.82) is 0 Å². The molecule has 2 aromatic carbocycles. The quantitative estimate of drug-likeness (QED) is 0.818. The van der Waals surface area contributed by atoms with Gasteiger partial charge >= 0.3 is 0 Å². The molecule has 0 bridgehead atoms. The minimum atomic E-state index is -1.06. The van der Waals surface area contributed by atoms with E-state index in [4.69, 9.17) is 11.6 Å². The maximum absolute atomic E-state index is 11.9. The van der Waals surface area contributed by atoms with Gasteiger partial charge in [-0.05, 0) is 17.7 Å². The number of anilines is 1. The number of amides is 1. The number of para-hydroxylation sites is 1. The van der Waals surface area contributed by atoms with Gasteiger partial charge in [-0.15, -0.1) is 0 Å². The summed E-state index contributed by atoms with van der Waals surface area (Å²) in [5.74, 6) is 0.586. The molecule has 0 aromatic heterocycles. The molecule has 120 valence electrons. The van der Waals surface area contributed by atoms with Gasteiger partial charge in [0.2, 0.25) is 5.91 Å². The summed E-state index contributed by atoms with van der Waals surface area (Å²) in [5.41, 5.74) is 1.65. The van der Waals surface area contributed by atoms with Gasteiger partial charge in [0.1, 0.15) is 0 Å². The van der Waals surface area contributed by atoms with E-state index < -0.39 is 10.8 Å². The minimum Gasteiger partial charge on any atom is -0.325 e. The predicted molar refractivity (Wildman–Crippen MR) is 98.1 cm³/mol. The SMILES string of the molecule is O=C(CC[S@@](=O)C/C=C/c1ccccc1)Nc1ccccc1Cl. The Balaban J connectivity index is 1.73. The average molecular weight is 348 g/mol. The molecule has 0 heterocycles. The van der Waals surface area contributed by atoms with Crippen LogP contribution < -0.4 is 5.32 Å². The highest BCUT2D eigenvalue weighted by Gasteiger charge is 2.07. The van der Waals surface area contributed by atoms with Crippen LogP contribution in [0, 0.1) is 0 Å². The van der Waals surface area contributed by atoms with E-state index in [0.717, 1.165) is 5.56 Å². The summed E-state index contributed by atoms with van der Waals surface area (Å²) in [7, 11) is -1.06. The molecule has 0 saturated heterocycles. The lowest BCUT2D eigenvalue weighted by Gasteiger charge is -2.06. The highest BCUT2D eigenvalue weighted by Crippen LogP contribution is 2.20. The van der Waals surface area contributed by atoms with Crippen molar-refractivity contribution in [2.45, 2.75) is 6.42 Å². The van der Waals surface area contributed by atoms with Gasteiger partial charge in [-0.1, -0.05) is 66.2 Å². The standard InChI is InChI=1S/C18H18ClNO2S/c19-16-10-4-5-11-17(16)20-18(21)12-14-23(22)13-6-9-15-7-2-1-3-8-15/h1-11H,12-14H2,(H,20,21)/b9-6+/t23-/m0/s1. The third-order valence-electron chi connectivity index (χ3n) is 3.10. The zero-order valence-corrected chi connectivity index (χ0v) is 14.1. The Morgan fingerprint density at radius 2 is 1.78 bits per heavy atom. The second-order valence-corrected chi connectivity index (χ2v) is 6.93. The maximum Gasteiger partial charge on any atom is 0.225 e. The van der Waals surface area contributed by atoms with Crippen LogP contribution in [0.1, 0.15) is 12.0 Å². The maximum atomic E-state index is 11.9. The van der Waals surface area contributed by atoms with Crippen LogP contribution >= 0.6 is 11.6 Å². The molecule has 1 atom stereocenters. The van der Waals surface area contributed by atoms with Gasteiger partial charge in [-0.25, -0.2) is 0 Å². The lowest BCUT2D eigenvalue weighted by atomic mass is 10.2. The van der Waals surface area contributed by atoms with Crippen LogP contribution in [-0.4, -0.2) is 21.6 Å². The Bertz CT molecular complexity index is 701. The third-order valence-corrected chi connectivity index (χ3v) is 4.65. The molecule has 1 amide bonds. The highest BCUT2D eigenvalue weighted by atomic mass is 35.5. The summed E-state index contributed by atoms with van der Waals surface area (Å²) in [6, 6.07) is 16.9. The van der Waals surface area contributed by atoms with E-state index in [2.05, 4.69) is 5.32 Å². The van der Waals surface area contributed by atoms with Crippen molar-refractivity contribution in [3.63, 3.8) is 0 Å². The number of nitrogens with one attached hydrogen (secondary N) is 1. The largest absolute Gasteiger partial charge is 0.325 e. The molecule has 0 fully saturated rings. The first-order chi connectivity index (χ1) is 11.1. The topological polar surface area (TPSA) is 46.2 Å². The van der Waals surface area contributed by atoms with Gasteiger partial charge in [0, 0.05) is 28.7 Å². The van der Waals surface area contributed by atoms with Gasteiger partial charge in [-0.2, -0.15) is 0 Å². The Morgan fingerprint density at radius 3 is 2.52 bits per heavy atom. The van der Waals surface area contributed by atoms with Gasteiger partial charge in [0.25, 0.3) is 0 Å². The van der Waals surface area contributed by atoms with E-state index in [1.807, 2.05) is 42.5 Å². The molecular formula is C18H18ClNO2S. The number of hydrogen-bond acceptors (Lipinski definition) is 2. The van der Waals surface area contributed by atoms with Crippen LogP contribution in [-0.2, 0) is 15.6 Å². The molecule has 2 aromatic rings. The summed E-state index contributed by atoms with van der Waals surface area (Å²) in [5, 5.41) is 3.22. The fourth-order valence-corrected chi connectivity index (χ4v) is 2.99. The van der Waals surface area contributed by atoms with Crippen molar-refractivity contribution in [2.75, 3.05) is 16.8 Å². The fourth-order valence-electron chi connectivity index (χ4n) is 1.92. The lowest BCUT2D eigenvalue weighted by Crippen LogP contribution is -2.15. The first-order valence-electron chi connectivity index (χ1n) is 7.26. The van der Waals surface area contributed by atoms with Crippen LogP contribution in [0.2, 0.25) is 5.02 Å². The average Bonchev–Trinajstić information content (AvgIpc) is 2.56. The van der Waals surface area contributed by atoms with E-state index >= 15 is 0 Å². The van der Waals surface area contributed by atoms with Crippen molar-refractivity contribution in [3.05, 3.63) is 71.3 Å². The summed E-state index contributed by atoms with van der Waals surface area (Å²) in [4.78, 5) is 11.8. The number of halogens is 1. The molecule has 0 saturated carbocycles. The number of benzene rings is 2. The van der Waals surface area contributed by atoms with E-state index in [-0.39, 0.29) is 12.3 Å². The fraction of sp³-hybridized carbons (Fsp3) is 0.167. The number of hydrogen-bond donors (Lipinski definition) is 1. The van der Waals surface area contributed by atoms with Crippen LogP contribution in [0.4, 0.5) is 5.69 Å². The highest BCUT2D eigenvalue weighted by molar-refractivity contribution is 7.85. The Labute approximate surface area is 143 Å². The van der Waals surface area contributed by atoms with Gasteiger partial charge in [-0.3, -0.25) is 9.00 Å².